The van der Waals surface area contributed by atoms with Gasteiger partial charge in [-0.15, -0.1) is 0 Å². The summed E-state index contributed by atoms with van der Waals surface area (Å²) >= 11 is 0. The predicted octanol–water partition coefficient (Wildman–Crippen LogP) is 1.61. The van der Waals surface area contributed by atoms with E-state index in [0.29, 0.717) is 0 Å². The minimum atomic E-state index is -0.342. The van der Waals surface area contributed by atoms with E-state index in [-0.39, 0.29) is 5.54 Å². The molecule has 3 nitrogen and oxygen atoms in total. The molecule has 0 aliphatic carbocycles. The van der Waals surface area contributed by atoms with Crippen molar-refractivity contribution >= 4 is 0 Å². The van der Waals surface area contributed by atoms with Crippen LogP contribution in [0.25, 0.3) is 0 Å². The first kappa shape index (κ1) is 13.4. The van der Waals surface area contributed by atoms with E-state index < -0.39 is 0 Å². The standard InChI is InChI=1S/C11H23N3/c1-5-14(4)9-7-6-8-11(2,10-12)13-3/h13H,5-9H2,1-4H3. The maximum Gasteiger partial charge on any atom is 0.103 e. The Morgan fingerprint density at radius 1 is 1.43 bits per heavy atom. The first-order chi connectivity index (χ1) is 6.58. The van der Waals surface area contributed by atoms with Crippen LogP contribution in [-0.2, 0) is 0 Å². The lowest BCUT2D eigenvalue weighted by Gasteiger charge is -2.21. The summed E-state index contributed by atoms with van der Waals surface area (Å²) in [6.45, 7) is 6.34. The first-order valence-electron chi connectivity index (χ1n) is 5.36. The van der Waals surface area contributed by atoms with Crippen molar-refractivity contribution in [3.63, 3.8) is 0 Å². The summed E-state index contributed by atoms with van der Waals surface area (Å²) < 4.78 is 0. The van der Waals surface area contributed by atoms with E-state index >= 15 is 0 Å². The van der Waals surface area contributed by atoms with E-state index in [1.165, 1.54) is 6.42 Å². The summed E-state index contributed by atoms with van der Waals surface area (Å²) in [5.74, 6) is 0. The van der Waals surface area contributed by atoms with Crippen LogP contribution in [0.1, 0.15) is 33.1 Å². The van der Waals surface area contributed by atoms with E-state index in [2.05, 4.69) is 30.3 Å². The van der Waals surface area contributed by atoms with Crippen LogP contribution >= 0.6 is 0 Å². The zero-order valence-electron chi connectivity index (χ0n) is 9.93. The summed E-state index contributed by atoms with van der Waals surface area (Å²) in [6, 6.07) is 2.31. The maximum atomic E-state index is 8.92. The van der Waals surface area contributed by atoms with Gasteiger partial charge in [-0.3, -0.25) is 0 Å². The molecule has 1 N–H and O–H groups in total. The Morgan fingerprint density at radius 3 is 2.50 bits per heavy atom. The SMILES string of the molecule is CCN(C)CCCCC(C)(C#N)NC. The summed E-state index contributed by atoms with van der Waals surface area (Å²) in [4.78, 5) is 2.29. The topological polar surface area (TPSA) is 39.1 Å². The fourth-order valence-electron chi connectivity index (χ4n) is 1.26. The number of nitriles is 1. The second-order valence-corrected chi connectivity index (χ2v) is 4.05. The molecule has 0 bridgehead atoms. The van der Waals surface area contributed by atoms with Crippen LogP contribution in [0.3, 0.4) is 0 Å². The lowest BCUT2D eigenvalue weighted by atomic mass is 9.97. The van der Waals surface area contributed by atoms with Crippen LogP contribution in [0.4, 0.5) is 0 Å². The number of rotatable bonds is 7. The maximum absolute atomic E-state index is 8.92. The Balaban J connectivity index is 3.59. The molecule has 0 fully saturated rings. The minimum absolute atomic E-state index is 0.342. The van der Waals surface area contributed by atoms with Gasteiger partial charge in [-0.2, -0.15) is 5.26 Å². The summed E-state index contributed by atoms with van der Waals surface area (Å²) in [6.07, 6.45) is 3.20. The molecule has 0 radical (unpaired) electrons. The summed E-state index contributed by atoms with van der Waals surface area (Å²) in [7, 11) is 3.98. The van der Waals surface area contributed by atoms with Gasteiger partial charge in [0.05, 0.1) is 6.07 Å². The molecule has 0 aromatic rings. The molecule has 82 valence electrons. The number of unbranched alkanes of at least 4 members (excludes halogenated alkanes) is 1. The monoisotopic (exact) mass is 197 g/mol. The molecule has 0 aliphatic heterocycles. The van der Waals surface area contributed by atoms with Crippen molar-refractivity contribution in [1.29, 1.82) is 5.26 Å². The van der Waals surface area contributed by atoms with Crippen LogP contribution in [0.2, 0.25) is 0 Å². The quantitative estimate of drug-likeness (QED) is 0.630. The van der Waals surface area contributed by atoms with Crippen LogP contribution in [-0.4, -0.2) is 37.6 Å². The molecule has 14 heavy (non-hydrogen) atoms. The van der Waals surface area contributed by atoms with Crippen molar-refractivity contribution in [2.24, 2.45) is 0 Å². The lowest BCUT2D eigenvalue weighted by Crippen LogP contribution is -2.38. The Morgan fingerprint density at radius 2 is 2.07 bits per heavy atom. The fourth-order valence-corrected chi connectivity index (χ4v) is 1.26. The normalized spacial score (nSPS) is 15.1. The summed E-state index contributed by atoms with van der Waals surface area (Å²) in [5, 5.41) is 12.0. The highest BCUT2D eigenvalue weighted by atomic mass is 15.1. The third-order valence-corrected chi connectivity index (χ3v) is 2.80. The van der Waals surface area contributed by atoms with E-state index in [1.807, 2.05) is 14.0 Å². The van der Waals surface area contributed by atoms with E-state index in [4.69, 9.17) is 5.26 Å². The third-order valence-electron chi connectivity index (χ3n) is 2.80. The van der Waals surface area contributed by atoms with Crippen molar-refractivity contribution in [1.82, 2.24) is 10.2 Å². The Kier molecular flexibility index (Phi) is 6.52. The molecule has 0 saturated carbocycles. The van der Waals surface area contributed by atoms with Crippen LogP contribution in [0.15, 0.2) is 0 Å². The highest BCUT2D eigenvalue weighted by Crippen LogP contribution is 2.12. The van der Waals surface area contributed by atoms with Gasteiger partial charge in [0.2, 0.25) is 0 Å². The van der Waals surface area contributed by atoms with Crippen LogP contribution in [0, 0.1) is 11.3 Å². The zero-order chi connectivity index (χ0) is 11.0. The molecular formula is C11H23N3. The van der Waals surface area contributed by atoms with Gasteiger partial charge >= 0.3 is 0 Å². The molecule has 0 aromatic heterocycles. The van der Waals surface area contributed by atoms with Crippen molar-refractivity contribution in [3.05, 3.63) is 0 Å². The minimum Gasteiger partial charge on any atom is -0.307 e. The van der Waals surface area contributed by atoms with Gasteiger partial charge in [-0.1, -0.05) is 6.92 Å². The summed E-state index contributed by atoms with van der Waals surface area (Å²) in [5.41, 5.74) is -0.342. The third kappa shape index (κ3) is 5.21. The molecule has 0 aliphatic rings. The van der Waals surface area contributed by atoms with E-state index in [1.54, 1.807) is 0 Å². The zero-order valence-corrected chi connectivity index (χ0v) is 9.93. The van der Waals surface area contributed by atoms with Gasteiger partial charge < -0.3 is 10.2 Å². The van der Waals surface area contributed by atoms with Gasteiger partial charge in [0.1, 0.15) is 5.54 Å². The van der Waals surface area contributed by atoms with Gasteiger partial charge in [-0.25, -0.2) is 0 Å². The molecule has 0 saturated heterocycles. The Hall–Kier alpha value is -0.590. The molecule has 0 heterocycles. The second kappa shape index (κ2) is 6.80. The largest absolute Gasteiger partial charge is 0.307 e. The smallest absolute Gasteiger partial charge is 0.103 e. The van der Waals surface area contributed by atoms with Gasteiger partial charge in [0.15, 0.2) is 0 Å². The molecule has 0 aromatic carbocycles. The average molecular weight is 197 g/mol. The van der Waals surface area contributed by atoms with E-state index in [0.717, 1.165) is 25.9 Å². The Bertz CT molecular complexity index is 185. The van der Waals surface area contributed by atoms with Crippen molar-refractivity contribution in [3.8, 4) is 6.07 Å². The van der Waals surface area contributed by atoms with Gasteiger partial charge in [0, 0.05) is 0 Å². The molecule has 1 unspecified atom stereocenters. The number of hydrogen-bond donors (Lipinski definition) is 1. The average Bonchev–Trinajstić information content (AvgIpc) is 2.23. The molecule has 0 rings (SSSR count). The van der Waals surface area contributed by atoms with Crippen molar-refractivity contribution in [2.75, 3.05) is 27.2 Å². The molecular weight excluding hydrogens is 174 g/mol. The lowest BCUT2D eigenvalue weighted by molar-refractivity contribution is 0.331. The fraction of sp³-hybridized carbons (Fsp3) is 0.909. The van der Waals surface area contributed by atoms with Crippen molar-refractivity contribution < 1.29 is 0 Å². The first-order valence-corrected chi connectivity index (χ1v) is 5.36. The van der Waals surface area contributed by atoms with Crippen molar-refractivity contribution in [2.45, 2.75) is 38.6 Å². The number of hydrogen-bond acceptors (Lipinski definition) is 3. The van der Waals surface area contributed by atoms with Crippen LogP contribution in [0.5, 0.6) is 0 Å². The second-order valence-electron chi connectivity index (χ2n) is 4.05. The number of nitrogens with zero attached hydrogens (tertiary/aromatic N) is 2. The van der Waals surface area contributed by atoms with Gasteiger partial charge in [-0.05, 0) is 53.4 Å². The number of nitrogens with one attached hydrogen (secondary N) is 1. The molecule has 1 atom stereocenters. The predicted molar refractivity (Wildman–Crippen MR) is 60.1 cm³/mol. The van der Waals surface area contributed by atoms with Crippen LogP contribution < -0.4 is 5.32 Å². The highest BCUT2D eigenvalue weighted by Gasteiger charge is 2.19. The molecule has 0 amide bonds. The molecule has 0 spiro atoms. The highest BCUT2D eigenvalue weighted by molar-refractivity contribution is 5.02. The Labute approximate surface area is 88.1 Å². The van der Waals surface area contributed by atoms with Gasteiger partial charge in [0.25, 0.3) is 0 Å². The van der Waals surface area contributed by atoms with E-state index in [9.17, 15) is 0 Å². The molecule has 3 heteroatoms.